The predicted octanol–water partition coefficient (Wildman–Crippen LogP) is 4.56. The Morgan fingerprint density at radius 1 is 1.12 bits per heavy atom. The van der Waals surface area contributed by atoms with Crippen LogP contribution in [0.2, 0.25) is 0 Å². The zero-order chi connectivity index (χ0) is 22.5. The molecule has 3 aromatic rings. The number of nitriles is 1. The second kappa shape index (κ2) is 9.48. The van der Waals surface area contributed by atoms with E-state index in [1.807, 2.05) is 55.5 Å². The molecule has 0 saturated heterocycles. The van der Waals surface area contributed by atoms with Crippen LogP contribution in [0.3, 0.4) is 0 Å². The molecule has 0 saturated carbocycles. The maximum absolute atomic E-state index is 9.86. The standard InChI is InChI=1S/C25H26N4O3/c1-3-8-19-23-22(18(14-26)24(27)32-25(23)29-28-19)17-11-12-20(21(13-17)30-4-2)31-15-16-9-6-5-7-10-16/h5-7,9-13,22H,3-4,8,15,27H2,1-2H3,(H,28,29)/t22-/m0/s1. The highest BCUT2D eigenvalue weighted by Gasteiger charge is 2.35. The summed E-state index contributed by atoms with van der Waals surface area (Å²) in [5.74, 6) is 1.35. The van der Waals surface area contributed by atoms with Crippen molar-refractivity contribution in [2.75, 3.05) is 6.61 Å². The van der Waals surface area contributed by atoms with Gasteiger partial charge in [0.05, 0.1) is 12.5 Å². The zero-order valence-corrected chi connectivity index (χ0v) is 18.2. The number of hydrogen-bond donors (Lipinski definition) is 2. The van der Waals surface area contributed by atoms with E-state index in [0.29, 0.717) is 36.2 Å². The Labute approximate surface area is 187 Å². The van der Waals surface area contributed by atoms with Crippen LogP contribution in [0, 0.1) is 11.3 Å². The fourth-order valence-electron chi connectivity index (χ4n) is 3.91. The summed E-state index contributed by atoms with van der Waals surface area (Å²) in [6.45, 7) is 4.93. The third-order valence-electron chi connectivity index (χ3n) is 5.36. The second-order valence-corrected chi connectivity index (χ2v) is 7.51. The van der Waals surface area contributed by atoms with E-state index in [1.165, 1.54) is 0 Å². The first kappa shape index (κ1) is 21.3. The molecule has 2 heterocycles. The summed E-state index contributed by atoms with van der Waals surface area (Å²) in [7, 11) is 0. The van der Waals surface area contributed by atoms with Gasteiger partial charge in [-0.1, -0.05) is 49.7 Å². The van der Waals surface area contributed by atoms with Crippen molar-refractivity contribution >= 4 is 0 Å². The number of ether oxygens (including phenoxy) is 3. The van der Waals surface area contributed by atoms with Crippen molar-refractivity contribution in [2.45, 2.75) is 39.2 Å². The number of benzene rings is 2. The van der Waals surface area contributed by atoms with Crippen LogP contribution >= 0.6 is 0 Å². The summed E-state index contributed by atoms with van der Waals surface area (Å²) in [5, 5.41) is 17.2. The number of nitrogens with one attached hydrogen (secondary N) is 1. The summed E-state index contributed by atoms with van der Waals surface area (Å²) in [6, 6.07) is 17.9. The highest BCUT2D eigenvalue weighted by atomic mass is 16.5. The van der Waals surface area contributed by atoms with Gasteiger partial charge in [0.15, 0.2) is 11.5 Å². The molecule has 7 heteroatoms. The van der Waals surface area contributed by atoms with Crippen LogP contribution in [-0.4, -0.2) is 16.8 Å². The van der Waals surface area contributed by atoms with Gasteiger partial charge in [0.1, 0.15) is 18.2 Å². The lowest BCUT2D eigenvalue weighted by Crippen LogP contribution is -2.21. The number of hydrogen-bond acceptors (Lipinski definition) is 6. The van der Waals surface area contributed by atoms with E-state index in [4.69, 9.17) is 19.9 Å². The number of allylic oxidation sites excluding steroid dienone is 1. The van der Waals surface area contributed by atoms with Gasteiger partial charge < -0.3 is 19.9 Å². The Bertz CT molecular complexity index is 1160. The largest absolute Gasteiger partial charge is 0.490 e. The molecule has 3 N–H and O–H groups in total. The lowest BCUT2D eigenvalue weighted by Gasteiger charge is -2.25. The smallest absolute Gasteiger partial charge is 0.244 e. The van der Waals surface area contributed by atoms with Gasteiger partial charge in [-0.25, -0.2) is 0 Å². The lowest BCUT2D eigenvalue weighted by molar-refractivity contribution is 0.269. The Kier molecular flexibility index (Phi) is 6.31. The lowest BCUT2D eigenvalue weighted by atomic mass is 9.83. The SMILES string of the molecule is CCCc1[nH]nc2c1[C@@H](c1ccc(OCc3ccccc3)c(OCC)c1)C(C#N)=C(N)O2. The van der Waals surface area contributed by atoms with Crippen molar-refractivity contribution < 1.29 is 14.2 Å². The Morgan fingerprint density at radius 2 is 1.94 bits per heavy atom. The van der Waals surface area contributed by atoms with Gasteiger partial charge >= 0.3 is 0 Å². The molecule has 1 aliphatic rings. The molecule has 0 fully saturated rings. The first-order valence-corrected chi connectivity index (χ1v) is 10.7. The molecule has 0 spiro atoms. The third-order valence-corrected chi connectivity index (χ3v) is 5.36. The van der Waals surface area contributed by atoms with Gasteiger partial charge in [-0.3, -0.25) is 5.10 Å². The Balaban J connectivity index is 1.73. The molecule has 1 atom stereocenters. The minimum Gasteiger partial charge on any atom is -0.490 e. The van der Waals surface area contributed by atoms with Gasteiger partial charge in [-0.15, -0.1) is 5.10 Å². The molecule has 0 bridgehead atoms. The van der Waals surface area contributed by atoms with Crippen LogP contribution in [0.15, 0.2) is 60.0 Å². The zero-order valence-electron chi connectivity index (χ0n) is 18.2. The number of rotatable bonds is 8. The third kappa shape index (κ3) is 4.12. The number of fused-ring (bicyclic) bond motifs is 1. The summed E-state index contributed by atoms with van der Waals surface area (Å²) in [5.41, 5.74) is 10.2. The van der Waals surface area contributed by atoms with E-state index in [0.717, 1.165) is 35.2 Å². The van der Waals surface area contributed by atoms with Crippen molar-refractivity contribution in [3.05, 3.63) is 82.4 Å². The number of aromatic nitrogens is 2. The molecular weight excluding hydrogens is 404 g/mol. The molecule has 164 valence electrons. The Morgan fingerprint density at radius 3 is 2.66 bits per heavy atom. The molecule has 0 amide bonds. The summed E-state index contributed by atoms with van der Waals surface area (Å²) in [4.78, 5) is 0. The van der Waals surface area contributed by atoms with Crippen molar-refractivity contribution in [3.8, 4) is 23.4 Å². The fraction of sp³-hybridized carbons (Fsp3) is 0.280. The summed E-state index contributed by atoms with van der Waals surface area (Å²) in [6.07, 6.45) is 1.72. The minimum atomic E-state index is -0.397. The molecule has 1 aliphatic heterocycles. The molecule has 7 nitrogen and oxygen atoms in total. The number of aromatic amines is 1. The van der Waals surface area contributed by atoms with Crippen molar-refractivity contribution in [2.24, 2.45) is 5.73 Å². The highest BCUT2D eigenvalue weighted by molar-refractivity contribution is 5.57. The van der Waals surface area contributed by atoms with Crippen LogP contribution in [0.1, 0.15) is 48.6 Å². The van der Waals surface area contributed by atoms with Crippen molar-refractivity contribution in [1.82, 2.24) is 10.2 Å². The van der Waals surface area contributed by atoms with Crippen LogP contribution in [0.5, 0.6) is 17.4 Å². The molecule has 2 aromatic carbocycles. The molecule has 0 radical (unpaired) electrons. The summed E-state index contributed by atoms with van der Waals surface area (Å²) < 4.78 is 17.6. The van der Waals surface area contributed by atoms with E-state index in [2.05, 4.69) is 23.2 Å². The van der Waals surface area contributed by atoms with Crippen molar-refractivity contribution in [1.29, 1.82) is 5.26 Å². The monoisotopic (exact) mass is 430 g/mol. The number of aryl methyl sites for hydroxylation is 1. The van der Waals surface area contributed by atoms with Gasteiger partial charge in [0, 0.05) is 11.3 Å². The predicted molar refractivity (Wildman–Crippen MR) is 120 cm³/mol. The van der Waals surface area contributed by atoms with Crippen LogP contribution in [0.4, 0.5) is 0 Å². The van der Waals surface area contributed by atoms with E-state index in [9.17, 15) is 5.26 Å². The van der Waals surface area contributed by atoms with Gasteiger partial charge in [0.25, 0.3) is 0 Å². The number of H-pyrrole nitrogens is 1. The maximum atomic E-state index is 9.86. The number of nitrogens with two attached hydrogens (primary N) is 1. The highest BCUT2D eigenvalue weighted by Crippen LogP contribution is 2.45. The van der Waals surface area contributed by atoms with Gasteiger partial charge in [0.2, 0.25) is 11.8 Å². The Hall–Kier alpha value is -3.92. The quantitative estimate of drug-likeness (QED) is 0.543. The molecule has 0 aliphatic carbocycles. The number of nitrogens with zero attached hydrogens (tertiary/aromatic N) is 2. The van der Waals surface area contributed by atoms with Crippen LogP contribution in [0.25, 0.3) is 0 Å². The molecule has 4 rings (SSSR count). The summed E-state index contributed by atoms with van der Waals surface area (Å²) >= 11 is 0. The average molecular weight is 431 g/mol. The first-order valence-electron chi connectivity index (χ1n) is 10.7. The van der Waals surface area contributed by atoms with E-state index in [1.54, 1.807) is 0 Å². The normalized spacial score (nSPS) is 15.0. The first-order chi connectivity index (χ1) is 15.7. The second-order valence-electron chi connectivity index (χ2n) is 7.51. The van der Waals surface area contributed by atoms with Gasteiger partial charge in [-0.2, -0.15) is 5.26 Å². The van der Waals surface area contributed by atoms with Crippen LogP contribution in [-0.2, 0) is 13.0 Å². The van der Waals surface area contributed by atoms with Crippen LogP contribution < -0.4 is 19.9 Å². The average Bonchev–Trinajstić information content (AvgIpc) is 3.20. The fourth-order valence-corrected chi connectivity index (χ4v) is 3.91. The van der Waals surface area contributed by atoms with E-state index < -0.39 is 5.92 Å². The molecular formula is C25H26N4O3. The van der Waals surface area contributed by atoms with Crippen molar-refractivity contribution in [3.63, 3.8) is 0 Å². The molecule has 32 heavy (non-hydrogen) atoms. The molecule has 1 aromatic heterocycles. The topological polar surface area (TPSA) is 106 Å². The minimum absolute atomic E-state index is 0.0712. The van der Waals surface area contributed by atoms with Gasteiger partial charge in [-0.05, 0) is 36.6 Å². The molecule has 0 unspecified atom stereocenters. The van der Waals surface area contributed by atoms with E-state index in [-0.39, 0.29) is 5.88 Å². The maximum Gasteiger partial charge on any atom is 0.244 e. The van der Waals surface area contributed by atoms with E-state index >= 15 is 0 Å².